The fourth-order valence-corrected chi connectivity index (χ4v) is 3.85. The average Bonchev–Trinajstić information content (AvgIpc) is 2.76. The number of aliphatic carboxylic acids is 1. The second-order valence-corrected chi connectivity index (χ2v) is 7.59. The molecular formula is C16H16BrNO3S2. The molecule has 122 valence electrons. The molecule has 23 heavy (non-hydrogen) atoms. The van der Waals surface area contributed by atoms with Gasteiger partial charge in [-0.05, 0) is 30.5 Å². The molecular weight excluding hydrogens is 398 g/mol. The highest BCUT2D eigenvalue weighted by atomic mass is 79.9. The van der Waals surface area contributed by atoms with Gasteiger partial charge in [0.25, 0.3) is 5.91 Å². The lowest BCUT2D eigenvalue weighted by Crippen LogP contribution is -2.29. The number of carbonyl (C=O) groups is 2. The van der Waals surface area contributed by atoms with Gasteiger partial charge in [-0.2, -0.15) is 0 Å². The third-order valence-electron chi connectivity index (χ3n) is 3.34. The van der Waals surface area contributed by atoms with Crippen LogP contribution in [-0.2, 0) is 9.59 Å². The first kappa shape index (κ1) is 18.2. The summed E-state index contributed by atoms with van der Waals surface area (Å²) in [6.45, 7) is 0.539. The standard InChI is InChI=1S/C16H16BrNO3S2/c17-12-7-4-3-6-11(12)10-13-15(21)18(16(22)23-13)9-5-1-2-8-14(19)20/h3-4,6-7,10H,1-2,5,8-9H2,(H,19,20). The number of halogens is 1. The third-order valence-corrected chi connectivity index (χ3v) is 5.44. The summed E-state index contributed by atoms with van der Waals surface area (Å²) < 4.78 is 1.49. The first-order valence-electron chi connectivity index (χ1n) is 7.20. The van der Waals surface area contributed by atoms with Crippen molar-refractivity contribution in [1.82, 2.24) is 4.90 Å². The van der Waals surface area contributed by atoms with Crippen LogP contribution < -0.4 is 0 Å². The zero-order valence-corrected chi connectivity index (χ0v) is 15.5. The Balaban J connectivity index is 1.95. The quantitative estimate of drug-likeness (QED) is 0.410. The third kappa shape index (κ3) is 5.16. The molecule has 0 radical (unpaired) electrons. The van der Waals surface area contributed by atoms with E-state index >= 15 is 0 Å². The molecule has 2 rings (SSSR count). The minimum atomic E-state index is -0.785. The predicted octanol–water partition coefficient (Wildman–Crippen LogP) is 4.30. The highest BCUT2D eigenvalue weighted by Crippen LogP contribution is 2.33. The Morgan fingerprint density at radius 1 is 1.30 bits per heavy atom. The average molecular weight is 414 g/mol. The van der Waals surface area contributed by atoms with E-state index in [1.807, 2.05) is 30.3 Å². The Labute approximate surface area is 153 Å². The van der Waals surface area contributed by atoms with E-state index in [0.29, 0.717) is 22.2 Å². The molecule has 7 heteroatoms. The number of hydrogen-bond acceptors (Lipinski definition) is 4. The number of carbonyl (C=O) groups excluding carboxylic acids is 1. The fraction of sp³-hybridized carbons (Fsp3) is 0.312. The number of thiocarbonyl (C=S) groups is 1. The van der Waals surface area contributed by atoms with E-state index in [4.69, 9.17) is 17.3 Å². The molecule has 0 aromatic heterocycles. The molecule has 1 aromatic rings. The summed E-state index contributed by atoms with van der Waals surface area (Å²) in [6, 6.07) is 7.70. The Morgan fingerprint density at radius 3 is 2.74 bits per heavy atom. The smallest absolute Gasteiger partial charge is 0.303 e. The lowest BCUT2D eigenvalue weighted by atomic mass is 10.2. The van der Waals surface area contributed by atoms with E-state index in [-0.39, 0.29) is 12.3 Å². The topological polar surface area (TPSA) is 57.6 Å². The zero-order chi connectivity index (χ0) is 16.8. The van der Waals surface area contributed by atoms with Crippen LogP contribution in [-0.4, -0.2) is 32.7 Å². The van der Waals surface area contributed by atoms with Gasteiger partial charge in [0.2, 0.25) is 0 Å². The Hall–Kier alpha value is -1.18. The van der Waals surface area contributed by atoms with Crippen molar-refractivity contribution in [2.75, 3.05) is 6.54 Å². The molecule has 1 aliphatic heterocycles. The van der Waals surface area contributed by atoms with Crippen molar-refractivity contribution in [1.29, 1.82) is 0 Å². The fourth-order valence-electron chi connectivity index (χ4n) is 2.15. The van der Waals surface area contributed by atoms with Crippen LogP contribution in [0.4, 0.5) is 0 Å². The first-order valence-corrected chi connectivity index (χ1v) is 9.22. The van der Waals surface area contributed by atoms with Crippen LogP contribution in [0, 0.1) is 0 Å². The van der Waals surface area contributed by atoms with Crippen molar-refractivity contribution in [2.45, 2.75) is 25.7 Å². The lowest BCUT2D eigenvalue weighted by Gasteiger charge is -2.13. The maximum absolute atomic E-state index is 12.4. The maximum Gasteiger partial charge on any atom is 0.303 e. The molecule has 0 atom stereocenters. The molecule has 0 saturated carbocycles. The van der Waals surface area contributed by atoms with Crippen molar-refractivity contribution >= 4 is 62.2 Å². The Kier molecular flexibility index (Phi) is 6.80. The summed E-state index contributed by atoms with van der Waals surface area (Å²) in [7, 11) is 0. The number of benzene rings is 1. The molecule has 1 heterocycles. The SMILES string of the molecule is O=C(O)CCCCCN1C(=O)C(=Cc2ccccc2Br)SC1=S. The van der Waals surface area contributed by atoms with E-state index in [2.05, 4.69) is 15.9 Å². The van der Waals surface area contributed by atoms with Gasteiger partial charge in [0.15, 0.2) is 0 Å². The van der Waals surface area contributed by atoms with E-state index in [0.717, 1.165) is 22.9 Å². The van der Waals surface area contributed by atoms with Gasteiger partial charge in [-0.3, -0.25) is 14.5 Å². The van der Waals surface area contributed by atoms with Crippen LogP contribution in [0.15, 0.2) is 33.6 Å². The molecule has 4 nitrogen and oxygen atoms in total. The molecule has 1 fully saturated rings. The largest absolute Gasteiger partial charge is 0.481 e. The number of carboxylic acids is 1. The van der Waals surface area contributed by atoms with Gasteiger partial charge in [-0.25, -0.2) is 0 Å². The summed E-state index contributed by atoms with van der Waals surface area (Å²) in [5.74, 6) is -0.860. The number of nitrogens with zero attached hydrogens (tertiary/aromatic N) is 1. The van der Waals surface area contributed by atoms with Gasteiger partial charge in [-0.1, -0.05) is 64.5 Å². The molecule has 0 spiro atoms. The second kappa shape index (κ2) is 8.61. The van der Waals surface area contributed by atoms with Crippen molar-refractivity contribution < 1.29 is 14.7 Å². The Morgan fingerprint density at radius 2 is 2.04 bits per heavy atom. The summed E-state index contributed by atoms with van der Waals surface area (Å²) >= 11 is 10.1. The van der Waals surface area contributed by atoms with Crippen LogP contribution in [0.1, 0.15) is 31.2 Å². The number of thioether (sulfide) groups is 1. The predicted molar refractivity (Wildman–Crippen MR) is 100 cm³/mol. The summed E-state index contributed by atoms with van der Waals surface area (Å²) in [5.41, 5.74) is 0.939. The molecule has 1 saturated heterocycles. The summed E-state index contributed by atoms with van der Waals surface area (Å²) in [6.07, 6.45) is 4.15. The van der Waals surface area contributed by atoms with E-state index in [9.17, 15) is 9.59 Å². The molecule has 0 bridgehead atoms. The van der Waals surface area contributed by atoms with Crippen LogP contribution in [0.2, 0.25) is 0 Å². The molecule has 1 N–H and O–H groups in total. The number of amides is 1. The lowest BCUT2D eigenvalue weighted by molar-refractivity contribution is -0.137. The van der Waals surface area contributed by atoms with Gasteiger partial charge in [0.1, 0.15) is 4.32 Å². The Bertz CT molecular complexity index is 660. The van der Waals surface area contributed by atoms with Crippen molar-refractivity contribution in [2.24, 2.45) is 0 Å². The van der Waals surface area contributed by atoms with Gasteiger partial charge in [0.05, 0.1) is 4.91 Å². The van der Waals surface area contributed by atoms with E-state index in [1.165, 1.54) is 11.8 Å². The van der Waals surface area contributed by atoms with Gasteiger partial charge in [-0.15, -0.1) is 0 Å². The number of unbranched alkanes of at least 4 members (excludes halogenated alkanes) is 2. The number of carboxylic acid groups (broad SMARTS) is 1. The van der Waals surface area contributed by atoms with Gasteiger partial charge < -0.3 is 5.11 Å². The molecule has 1 amide bonds. The van der Waals surface area contributed by atoms with Crippen LogP contribution in [0.5, 0.6) is 0 Å². The highest BCUT2D eigenvalue weighted by Gasteiger charge is 2.31. The zero-order valence-electron chi connectivity index (χ0n) is 12.3. The number of hydrogen-bond donors (Lipinski definition) is 1. The van der Waals surface area contributed by atoms with E-state index in [1.54, 1.807) is 4.90 Å². The summed E-state index contributed by atoms with van der Waals surface area (Å²) in [5, 5.41) is 8.61. The minimum Gasteiger partial charge on any atom is -0.481 e. The van der Waals surface area contributed by atoms with Crippen LogP contribution in [0.25, 0.3) is 6.08 Å². The summed E-state index contributed by atoms with van der Waals surface area (Å²) in [4.78, 5) is 25.1. The van der Waals surface area contributed by atoms with Gasteiger partial charge >= 0.3 is 5.97 Å². The second-order valence-electron chi connectivity index (χ2n) is 5.06. The molecule has 1 aromatic carbocycles. The van der Waals surface area contributed by atoms with Crippen molar-refractivity contribution in [3.8, 4) is 0 Å². The van der Waals surface area contributed by atoms with Crippen molar-refractivity contribution in [3.63, 3.8) is 0 Å². The van der Waals surface area contributed by atoms with Gasteiger partial charge in [0, 0.05) is 17.4 Å². The molecule has 0 unspecified atom stereocenters. The maximum atomic E-state index is 12.4. The minimum absolute atomic E-state index is 0.0750. The van der Waals surface area contributed by atoms with Crippen LogP contribution in [0.3, 0.4) is 0 Å². The monoisotopic (exact) mass is 413 g/mol. The molecule has 1 aliphatic rings. The van der Waals surface area contributed by atoms with E-state index < -0.39 is 5.97 Å². The normalized spacial score (nSPS) is 16.4. The van der Waals surface area contributed by atoms with Crippen LogP contribution >= 0.6 is 39.9 Å². The highest BCUT2D eigenvalue weighted by molar-refractivity contribution is 9.10. The number of rotatable bonds is 7. The molecule has 0 aliphatic carbocycles. The van der Waals surface area contributed by atoms with Crippen molar-refractivity contribution in [3.05, 3.63) is 39.2 Å². The first-order chi connectivity index (χ1) is 11.0.